The molecule has 1 fully saturated rings. The Morgan fingerprint density at radius 2 is 2.30 bits per heavy atom. The van der Waals surface area contributed by atoms with Gasteiger partial charge in [-0.05, 0) is 43.0 Å². The van der Waals surface area contributed by atoms with E-state index in [1.807, 2.05) is 0 Å². The van der Waals surface area contributed by atoms with E-state index in [0.717, 1.165) is 22.8 Å². The third-order valence-corrected chi connectivity index (χ3v) is 6.34. The SMILES string of the molecule is CN1CC(CBr)C[C@H]2c3cccc4[nH]c(Cl)c(c34)C[C@@H]21. The number of aromatic nitrogens is 1. The summed E-state index contributed by atoms with van der Waals surface area (Å²) in [6.45, 7) is 1.18. The van der Waals surface area contributed by atoms with Crippen molar-refractivity contribution in [2.45, 2.75) is 24.8 Å². The molecule has 1 saturated heterocycles. The molecule has 0 spiro atoms. The zero-order chi connectivity index (χ0) is 13.9. The molecule has 1 aliphatic carbocycles. The first-order valence-electron chi connectivity index (χ1n) is 7.24. The van der Waals surface area contributed by atoms with Gasteiger partial charge in [0.15, 0.2) is 0 Å². The zero-order valence-corrected chi connectivity index (χ0v) is 13.8. The fraction of sp³-hybridized carbons (Fsp3) is 0.500. The van der Waals surface area contributed by atoms with E-state index in [9.17, 15) is 0 Å². The summed E-state index contributed by atoms with van der Waals surface area (Å²) >= 11 is 10.1. The molecular formula is C16H18BrClN2. The third kappa shape index (κ3) is 1.79. The smallest absolute Gasteiger partial charge is 0.110 e. The van der Waals surface area contributed by atoms with E-state index >= 15 is 0 Å². The van der Waals surface area contributed by atoms with Gasteiger partial charge in [-0.3, -0.25) is 0 Å². The number of halogens is 2. The predicted octanol–water partition coefficient (Wildman–Crippen LogP) is 4.18. The molecule has 0 radical (unpaired) electrons. The quantitative estimate of drug-likeness (QED) is 0.762. The summed E-state index contributed by atoms with van der Waals surface area (Å²) in [5.74, 6) is 1.38. The van der Waals surface area contributed by atoms with Crippen LogP contribution in [0, 0.1) is 5.92 Å². The molecule has 1 N–H and O–H groups in total. The van der Waals surface area contributed by atoms with Crippen LogP contribution in [0.4, 0.5) is 0 Å². The summed E-state index contributed by atoms with van der Waals surface area (Å²) in [5, 5.41) is 3.32. The Balaban J connectivity index is 1.89. The van der Waals surface area contributed by atoms with Crippen molar-refractivity contribution in [3.63, 3.8) is 0 Å². The van der Waals surface area contributed by atoms with Crippen molar-refractivity contribution < 1.29 is 0 Å². The molecule has 1 aliphatic heterocycles. The number of nitrogens with one attached hydrogen (secondary N) is 1. The van der Waals surface area contributed by atoms with Crippen molar-refractivity contribution in [2.75, 3.05) is 18.9 Å². The molecule has 0 amide bonds. The molecule has 4 heteroatoms. The molecule has 3 atom stereocenters. The third-order valence-electron chi connectivity index (χ3n) is 5.10. The van der Waals surface area contributed by atoms with Crippen molar-refractivity contribution in [2.24, 2.45) is 5.92 Å². The number of likely N-dealkylation sites (N-methyl/N-ethyl adjacent to an activating group) is 1. The molecule has 1 unspecified atom stereocenters. The first kappa shape index (κ1) is 13.2. The van der Waals surface area contributed by atoms with Crippen LogP contribution in [0.15, 0.2) is 18.2 Å². The van der Waals surface area contributed by atoms with E-state index in [1.54, 1.807) is 0 Å². The highest BCUT2D eigenvalue weighted by Gasteiger charge is 2.39. The van der Waals surface area contributed by atoms with Gasteiger partial charge in [-0.1, -0.05) is 39.7 Å². The number of hydrogen-bond acceptors (Lipinski definition) is 1. The van der Waals surface area contributed by atoms with Crippen molar-refractivity contribution in [1.29, 1.82) is 0 Å². The lowest BCUT2D eigenvalue weighted by atomic mass is 9.73. The van der Waals surface area contributed by atoms with Crippen LogP contribution in [0.25, 0.3) is 10.9 Å². The van der Waals surface area contributed by atoms with Crippen molar-refractivity contribution >= 4 is 38.4 Å². The van der Waals surface area contributed by atoms with E-state index < -0.39 is 0 Å². The minimum Gasteiger partial charge on any atom is -0.345 e. The van der Waals surface area contributed by atoms with Gasteiger partial charge in [0.1, 0.15) is 5.15 Å². The Kier molecular flexibility index (Phi) is 3.13. The van der Waals surface area contributed by atoms with Gasteiger partial charge >= 0.3 is 0 Å². The molecule has 4 rings (SSSR count). The van der Waals surface area contributed by atoms with E-state index in [2.05, 4.69) is 51.1 Å². The Morgan fingerprint density at radius 1 is 1.45 bits per heavy atom. The van der Waals surface area contributed by atoms with Crippen LogP contribution < -0.4 is 0 Å². The number of fused-ring (bicyclic) bond motifs is 2. The number of likely N-dealkylation sites (tertiary alicyclic amines) is 1. The summed E-state index contributed by atoms with van der Waals surface area (Å²) < 4.78 is 0. The van der Waals surface area contributed by atoms with Crippen molar-refractivity contribution in [1.82, 2.24) is 9.88 Å². The van der Waals surface area contributed by atoms with Gasteiger partial charge in [0.25, 0.3) is 0 Å². The first-order chi connectivity index (χ1) is 9.69. The highest BCUT2D eigenvalue weighted by Crippen LogP contribution is 2.46. The van der Waals surface area contributed by atoms with E-state index in [-0.39, 0.29) is 0 Å². The number of piperidine rings is 1. The number of alkyl halides is 1. The van der Waals surface area contributed by atoms with Crippen LogP contribution in [0.2, 0.25) is 5.15 Å². The number of rotatable bonds is 1. The lowest BCUT2D eigenvalue weighted by Crippen LogP contribution is -2.48. The van der Waals surface area contributed by atoms with Crippen molar-refractivity contribution in [3.05, 3.63) is 34.5 Å². The van der Waals surface area contributed by atoms with Gasteiger partial charge in [0.05, 0.1) is 0 Å². The second-order valence-electron chi connectivity index (χ2n) is 6.26. The number of hydrogen-bond donors (Lipinski definition) is 1. The van der Waals surface area contributed by atoms with E-state index in [1.165, 1.54) is 35.0 Å². The Morgan fingerprint density at radius 3 is 3.10 bits per heavy atom. The number of H-pyrrole nitrogens is 1. The van der Waals surface area contributed by atoms with Gasteiger partial charge in [-0.2, -0.15) is 0 Å². The van der Waals surface area contributed by atoms with Gasteiger partial charge < -0.3 is 9.88 Å². The monoisotopic (exact) mass is 352 g/mol. The molecule has 1 aromatic carbocycles. The highest BCUT2D eigenvalue weighted by atomic mass is 79.9. The summed E-state index contributed by atoms with van der Waals surface area (Å²) in [6, 6.07) is 7.20. The summed E-state index contributed by atoms with van der Waals surface area (Å²) in [5.41, 5.74) is 4.02. The number of aromatic amines is 1. The summed E-state index contributed by atoms with van der Waals surface area (Å²) in [4.78, 5) is 5.88. The zero-order valence-electron chi connectivity index (χ0n) is 11.5. The molecule has 2 heterocycles. The Hall–Kier alpha value is -0.510. The molecule has 0 bridgehead atoms. The lowest BCUT2D eigenvalue weighted by Gasteiger charge is -2.45. The maximum absolute atomic E-state index is 6.43. The molecular weight excluding hydrogens is 336 g/mol. The van der Waals surface area contributed by atoms with Crippen molar-refractivity contribution in [3.8, 4) is 0 Å². The Bertz CT molecular complexity index is 666. The molecule has 1 aromatic heterocycles. The fourth-order valence-corrected chi connectivity index (χ4v) is 4.95. The largest absolute Gasteiger partial charge is 0.345 e. The average Bonchev–Trinajstić information content (AvgIpc) is 2.77. The maximum atomic E-state index is 6.43. The highest BCUT2D eigenvalue weighted by molar-refractivity contribution is 9.09. The number of nitrogens with zero attached hydrogens (tertiary/aromatic N) is 1. The van der Waals surface area contributed by atoms with Crippen LogP contribution in [0.1, 0.15) is 23.5 Å². The maximum Gasteiger partial charge on any atom is 0.110 e. The standard InChI is InChI=1S/C16H18BrClN2/c1-20-8-9(7-17)5-11-10-3-2-4-13-15(10)12(6-14(11)20)16(18)19-13/h2-4,9,11,14,19H,5-8H2,1H3/t9?,11-,14-/m0/s1. The molecule has 2 nitrogen and oxygen atoms in total. The van der Waals surface area contributed by atoms with E-state index in [0.29, 0.717) is 12.0 Å². The van der Waals surface area contributed by atoms with Gasteiger partial charge in [-0.25, -0.2) is 0 Å². The summed E-state index contributed by atoms with van der Waals surface area (Å²) in [7, 11) is 2.26. The van der Waals surface area contributed by atoms with E-state index in [4.69, 9.17) is 11.6 Å². The van der Waals surface area contributed by atoms with Gasteiger partial charge in [0.2, 0.25) is 0 Å². The second-order valence-corrected chi connectivity index (χ2v) is 7.29. The molecule has 2 aromatic rings. The molecule has 2 aliphatic rings. The van der Waals surface area contributed by atoms with Gasteiger partial charge in [0, 0.05) is 34.7 Å². The molecule has 20 heavy (non-hydrogen) atoms. The summed E-state index contributed by atoms with van der Waals surface area (Å²) in [6.07, 6.45) is 2.35. The minimum atomic E-state index is 0.594. The van der Waals surface area contributed by atoms with Crippen LogP contribution in [0.5, 0.6) is 0 Å². The van der Waals surface area contributed by atoms with Crippen LogP contribution in [-0.4, -0.2) is 34.8 Å². The second kappa shape index (κ2) is 4.75. The fourth-order valence-electron chi connectivity index (χ4n) is 4.21. The average molecular weight is 354 g/mol. The predicted molar refractivity (Wildman–Crippen MR) is 88.1 cm³/mol. The topological polar surface area (TPSA) is 19.0 Å². The van der Waals surface area contributed by atoms with Crippen LogP contribution >= 0.6 is 27.5 Å². The first-order valence-corrected chi connectivity index (χ1v) is 8.74. The molecule has 0 saturated carbocycles. The number of benzene rings is 1. The van der Waals surface area contributed by atoms with Crippen LogP contribution in [0.3, 0.4) is 0 Å². The normalized spacial score (nSPS) is 29.6. The molecule has 106 valence electrons. The van der Waals surface area contributed by atoms with Crippen LogP contribution in [-0.2, 0) is 6.42 Å². The Labute approximate surface area is 132 Å². The minimum absolute atomic E-state index is 0.594. The lowest BCUT2D eigenvalue weighted by molar-refractivity contribution is 0.122. The van der Waals surface area contributed by atoms with Gasteiger partial charge in [-0.15, -0.1) is 0 Å².